The number of carbonyl (C=O) groups is 1. The van der Waals surface area contributed by atoms with Crippen LogP contribution in [0.3, 0.4) is 0 Å². The van der Waals surface area contributed by atoms with E-state index in [4.69, 9.17) is 5.11 Å². The zero-order chi connectivity index (χ0) is 13.5. The van der Waals surface area contributed by atoms with Gasteiger partial charge < -0.3 is 10.1 Å². The molecule has 18 heavy (non-hydrogen) atoms. The molecule has 7 heteroatoms. The average Bonchev–Trinajstić information content (AvgIpc) is 2.83. The number of nitrogens with zero attached hydrogens (tertiary/aromatic N) is 2. The first-order valence-corrected chi connectivity index (χ1v) is 5.77. The average molecular weight is 255 g/mol. The first-order valence-electron chi connectivity index (χ1n) is 5.77. The molecule has 0 radical (unpaired) electrons. The van der Waals surface area contributed by atoms with Crippen LogP contribution in [0, 0.1) is 10.1 Å². The van der Waals surface area contributed by atoms with Crippen molar-refractivity contribution in [2.75, 3.05) is 26.2 Å². The maximum Gasteiger partial charge on any atom is 0.287 e. The van der Waals surface area contributed by atoms with Gasteiger partial charge in [0, 0.05) is 19.2 Å². The van der Waals surface area contributed by atoms with Crippen molar-refractivity contribution in [2.24, 2.45) is 0 Å². The monoisotopic (exact) mass is 255 g/mol. The highest BCUT2D eigenvalue weighted by Gasteiger charge is 2.16. The molecule has 100 valence electrons. The first kappa shape index (κ1) is 14.3. The third kappa shape index (κ3) is 3.94. The number of likely N-dealkylation sites (N-methyl/N-ethyl adjacent to an activating group) is 1. The Morgan fingerprint density at radius 2 is 2.33 bits per heavy atom. The van der Waals surface area contributed by atoms with Gasteiger partial charge in [0.2, 0.25) is 0 Å². The van der Waals surface area contributed by atoms with E-state index in [1.54, 1.807) is 0 Å². The van der Waals surface area contributed by atoms with Crippen molar-refractivity contribution in [2.45, 2.75) is 13.3 Å². The van der Waals surface area contributed by atoms with Crippen molar-refractivity contribution in [3.63, 3.8) is 0 Å². The van der Waals surface area contributed by atoms with Gasteiger partial charge in [0.1, 0.15) is 0 Å². The van der Waals surface area contributed by atoms with E-state index in [0.29, 0.717) is 19.5 Å². The summed E-state index contributed by atoms with van der Waals surface area (Å²) in [7, 11) is 0. The lowest BCUT2D eigenvalue weighted by molar-refractivity contribution is -0.384. The number of hydrogen-bond acceptors (Lipinski definition) is 5. The van der Waals surface area contributed by atoms with Gasteiger partial charge in [0.05, 0.1) is 23.4 Å². The van der Waals surface area contributed by atoms with Gasteiger partial charge in [0.15, 0.2) is 5.78 Å². The number of aliphatic hydroxyl groups is 1. The first-order chi connectivity index (χ1) is 8.58. The van der Waals surface area contributed by atoms with Crippen LogP contribution in [0.4, 0.5) is 5.69 Å². The summed E-state index contributed by atoms with van der Waals surface area (Å²) in [5.74, 6) is -0.192. The summed E-state index contributed by atoms with van der Waals surface area (Å²) in [6, 6.07) is 1.24. The van der Waals surface area contributed by atoms with Crippen molar-refractivity contribution < 1.29 is 14.8 Å². The lowest BCUT2D eigenvalue weighted by Crippen LogP contribution is -2.31. The molecular formula is C11H17N3O4. The zero-order valence-corrected chi connectivity index (χ0v) is 10.3. The van der Waals surface area contributed by atoms with E-state index in [0.717, 1.165) is 0 Å². The van der Waals surface area contributed by atoms with E-state index in [1.807, 2.05) is 11.8 Å². The lowest BCUT2D eigenvalue weighted by atomic mass is 10.2. The standard InChI is InChI=1S/C11H17N3O4/c1-2-13(4-3-5-15)8-11(16)10-6-9(7-12-10)14(17)18/h6-7,12,15H,2-5,8H2,1H3. The van der Waals surface area contributed by atoms with Crippen molar-refractivity contribution in [1.82, 2.24) is 9.88 Å². The van der Waals surface area contributed by atoms with Crippen LogP contribution < -0.4 is 0 Å². The molecule has 0 saturated carbocycles. The number of ketones is 1. The number of hydrogen-bond donors (Lipinski definition) is 2. The molecular weight excluding hydrogens is 238 g/mol. The number of carbonyl (C=O) groups excluding carboxylic acids is 1. The minimum absolute atomic E-state index is 0.0820. The number of nitro groups is 1. The number of aliphatic hydroxyl groups excluding tert-OH is 1. The highest BCUT2D eigenvalue weighted by Crippen LogP contribution is 2.12. The Balaban J connectivity index is 2.59. The topological polar surface area (TPSA) is 99.5 Å². The fourth-order valence-electron chi connectivity index (χ4n) is 1.58. The molecule has 0 aliphatic carbocycles. The Kier molecular flexibility index (Phi) is 5.47. The van der Waals surface area contributed by atoms with Crippen LogP contribution >= 0.6 is 0 Å². The molecule has 0 aliphatic heterocycles. The van der Waals surface area contributed by atoms with Gasteiger partial charge in [-0.25, -0.2) is 0 Å². The van der Waals surface area contributed by atoms with Crippen molar-refractivity contribution >= 4 is 11.5 Å². The van der Waals surface area contributed by atoms with Crippen molar-refractivity contribution in [3.8, 4) is 0 Å². The fraction of sp³-hybridized carbons (Fsp3) is 0.545. The summed E-state index contributed by atoms with van der Waals surface area (Å²) in [5, 5.41) is 19.2. The number of rotatable bonds is 8. The molecule has 0 aliphatic rings. The third-order valence-corrected chi connectivity index (χ3v) is 2.63. The van der Waals surface area contributed by atoms with E-state index >= 15 is 0 Å². The Morgan fingerprint density at radius 1 is 1.61 bits per heavy atom. The maximum atomic E-state index is 11.9. The summed E-state index contributed by atoms with van der Waals surface area (Å²) < 4.78 is 0. The second-order valence-corrected chi connectivity index (χ2v) is 3.90. The molecule has 1 heterocycles. The summed E-state index contributed by atoms with van der Waals surface area (Å²) >= 11 is 0. The van der Waals surface area contributed by atoms with Gasteiger partial charge >= 0.3 is 0 Å². The SMILES string of the molecule is CCN(CCCO)CC(=O)c1cc([N+](=O)[O-])c[nH]1. The normalized spacial score (nSPS) is 10.8. The van der Waals surface area contributed by atoms with E-state index in [-0.39, 0.29) is 30.3 Å². The fourth-order valence-corrected chi connectivity index (χ4v) is 1.58. The summed E-state index contributed by atoms with van der Waals surface area (Å²) in [5.41, 5.74) is 0.126. The van der Waals surface area contributed by atoms with Gasteiger partial charge in [-0.3, -0.25) is 19.8 Å². The minimum atomic E-state index is -0.545. The molecule has 2 N–H and O–H groups in total. The van der Waals surface area contributed by atoms with E-state index in [2.05, 4.69) is 4.98 Å². The van der Waals surface area contributed by atoms with Crippen LogP contribution in [-0.2, 0) is 0 Å². The molecule has 0 amide bonds. The predicted molar refractivity (Wildman–Crippen MR) is 65.6 cm³/mol. The largest absolute Gasteiger partial charge is 0.396 e. The zero-order valence-electron chi connectivity index (χ0n) is 10.3. The number of Topliss-reactive ketones (excluding diaryl/α,β-unsaturated/α-hetero) is 1. The van der Waals surface area contributed by atoms with Crippen LogP contribution in [0.5, 0.6) is 0 Å². The predicted octanol–water partition coefficient (Wildman–Crippen LogP) is 0.810. The van der Waals surface area contributed by atoms with Crippen LogP contribution in [0.1, 0.15) is 23.8 Å². The van der Waals surface area contributed by atoms with Crippen LogP contribution in [0.25, 0.3) is 0 Å². The Labute approximate surface area is 105 Å². The molecule has 0 unspecified atom stereocenters. The maximum absolute atomic E-state index is 11.9. The molecule has 0 atom stereocenters. The van der Waals surface area contributed by atoms with Crippen LogP contribution in [0.15, 0.2) is 12.3 Å². The molecule has 1 aromatic heterocycles. The molecule has 0 spiro atoms. The number of H-pyrrole nitrogens is 1. The van der Waals surface area contributed by atoms with Gasteiger partial charge in [0.25, 0.3) is 5.69 Å². The third-order valence-electron chi connectivity index (χ3n) is 2.63. The van der Waals surface area contributed by atoms with Crippen molar-refractivity contribution in [1.29, 1.82) is 0 Å². The van der Waals surface area contributed by atoms with Gasteiger partial charge in [-0.1, -0.05) is 6.92 Å². The Hall–Kier alpha value is -1.73. The quantitative estimate of drug-likeness (QED) is 0.407. The van der Waals surface area contributed by atoms with Crippen LogP contribution in [0.2, 0.25) is 0 Å². The van der Waals surface area contributed by atoms with E-state index in [1.165, 1.54) is 12.3 Å². The smallest absolute Gasteiger partial charge is 0.287 e. The highest BCUT2D eigenvalue weighted by atomic mass is 16.6. The van der Waals surface area contributed by atoms with E-state index in [9.17, 15) is 14.9 Å². The van der Waals surface area contributed by atoms with Crippen LogP contribution in [-0.4, -0.2) is 51.9 Å². The number of aromatic amines is 1. The molecule has 7 nitrogen and oxygen atoms in total. The number of aromatic nitrogens is 1. The van der Waals surface area contributed by atoms with Gasteiger partial charge in [-0.15, -0.1) is 0 Å². The molecule has 0 aromatic carbocycles. The second kappa shape index (κ2) is 6.87. The van der Waals surface area contributed by atoms with E-state index < -0.39 is 4.92 Å². The lowest BCUT2D eigenvalue weighted by Gasteiger charge is -2.18. The Morgan fingerprint density at radius 3 is 2.83 bits per heavy atom. The number of nitrogens with one attached hydrogen (secondary N) is 1. The summed E-state index contributed by atoms with van der Waals surface area (Å²) in [6.07, 6.45) is 1.81. The summed E-state index contributed by atoms with van der Waals surface area (Å²) in [6.45, 7) is 3.50. The molecule has 0 saturated heterocycles. The van der Waals surface area contributed by atoms with Crippen molar-refractivity contribution in [3.05, 3.63) is 28.1 Å². The highest BCUT2D eigenvalue weighted by molar-refractivity contribution is 5.96. The summed E-state index contributed by atoms with van der Waals surface area (Å²) in [4.78, 5) is 26.3. The molecule has 0 fully saturated rings. The molecule has 1 aromatic rings. The Bertz CT molecular complexity index is 416. The van der Waals surface area contributed by atoms with Gasteiger partial charge in [-0.05, 0) is 13.0 Å². The minimum Gasteiger partial charge on any atom is -0.396 e. The molecule has 1 rings (SSSR count). The van der Waals surface area contributed by atoms with Gasteiger partial charge in [-0.2, -0.15) is 0 Å². The second-order valence-electron chi connectivity index (χ2n) is 3.90. The molecule has 0 bridgehead atoms.